The monoisotopic (exact) mass is 840 g/mol. The highest BCUT2D eigenvalue weighted by Crippen LogP contribution is 2.46. The standard InChI is InChI=1S/C21H18Cl2N6O16S5/c22-19-25-20(23)27-21(26-19)24-13-8-11(47(31,32)33)5-9-6-15(49(37,38)39)17(18(30)16(9)13)29-28-12-2-1-10(7-14(12)48(34,35)36)46-45-44-3-4-50(40,41,42)43/h1-2,5-8,30H,3-4H2,(H,31,32,33)(H,34,35,36)(H,37,38,39)(H,24,25,26,27)(H3,40,41,42,43). The van der Waals surface area contributed by atoms with E-state index in [9.17, 15) is 48.2 Å². The van der Waals surface area contributed by atoms with Crippen LogP contribution in [-0.4, -0.2) is 89.2 Å². The summed E-state index contributed by atoms with van der Waals surface area (Å²) in [5.74, 6) is -2.73. The van der Waals surface area contributed by atoms with Gasteiger partial charge in [0, 0.05) is 10.3 Å². The third-order valence-electron chi connectivity index (χ3n) is 5.70. The summed E-state index contributed by atoms with van der Waals surface area (Å²) in [7, 11) is -21.4. The Morgan fingerprint density at radius 2 is 1.46 bits per heavy atom. The highest BCUT2D eigenvalue weighted by atomic mass is 35.5. The summed E-state index contributed by atoms with van der Waals surface area (Å²) < 4.78 is 145. The molecule has 4 rings (SSSR count). The molecule has 0 bridgehead atoms. The Hall–Kier alpha value is -3.26. The third-order valence-corrected chi connectivity index (χ3v) is 10.1. The van der Waals surface area contributed by atoms with E-state index in [0.717, 1.165) is 24.3 Å². The number of halogens is 2. The minimum Gasteiger partial charge on any atom is -0.505 e. The molecule has 29 heteroatoms. The molecule has 0 amide bonds. The quantitative estimate of drug-likeness (QED) is 0.0234. The van der Waals surface area contributed by atoms with E-state index in [1.54, 1.807) is 0 Å². The summed E-state index contributed by atoms with van der Waals surface area (Å²) in [5, 5.41) is 19.1. The number of benzene rings is 3. The molecule has 272 valence electrons. The number of aromatic nitrogens is 3. The predicted molar refractivity (Wildman–Crippen MR) is 173 cm³/mol. The second-order valence-electron chi connectivity index (χ2n) is 9.37. The molecular weight excluding hydrogens is 823 g/mol. The zero-order valence-corrected chi connectivity index (χ0v) is 29.3. The topological polar surface area (TPSA) is 355 Å². The lowest BCUT2D eigenvalue weighted by atomic mass is 10.1. The van der Waals surface area contributed by atoms with Gasteiger partial charge in [-0.3, -0.25) is 27.3 Å². The number of anilines is 2. The number of rotatable bonds is 13. The number of azo groups is 1. The van der Waals surface area contributed by atoms with Gasteiger partial charge in [-0.05, 0) is 65.0 Å². The molecule has 0 saturated heterocycles. The fourth-order valence-electron chi connectivity index (χ4n) is 3.72. The maximum absolute atomic E-state index is 12.4. The Morgan fingerprint density at radius 3 is 2.02 bits per heavy atom. The van der Waals surface area contributed by atoms with E-state index < -0.39 is 117 Å². The molecule has 1 aromatic heterocycles. The van der Waals surface area contributed by atoms with E-state index in [4.69, 9.17) is 36.9 Å². The SMILES string of the molecule is O=S(=O)(O)c1cc(Nc2nc(Cl)nc(Cl)n2)c2c(O)c(N=Nc3ccc(SOOCCS(=O)(O)(O)O)cc3S(=O)(=O)O)c(S(=O)(=O)O)cc2c1. The second kappa shape index (κ2) is 14.0. The van der Waals surface area contributed by atoms with Gasteiger partial charge in [0.2, 0.25) is 16.5 Å². The molecule has 0 unspecified atom stereocenters. The van der Waals surface area contributed by atoms with Crippen LogP contribution in [0, 0.1) is 0 Å². The van der Waals surface area contributed by atoms with Crippen molar-refractivity contribution in [3.63, 3.8) is 0 Å². The first-order chi connectivity index (χ1) is 22.8. The Bertz CT molecular complexity index is 2430. The van der Waals surface area contributed by atoms with Gasteiger partial charge in [0.25, 0.3) is 30.4 Å². The zero-order chi connectivity index (χ0) is 37.5. The maximum atomic E-state index is 12.4. The van der Waals surface area contributed by atoms with Crippen LogP contribution in [-0.2, 0) is 49.5 Å². The molecule has 0 fully saturated rings. The molecule has 22 nitrogen and oxygen atoms in total. The summed E-state index contributed by atoms with van der Waals surface area (Å²) in [6.07, 6.45) is 0. The summed E-state index contributed by atoms with van der Waals surface area (Å²) in [6, 6.07) is 4.84. The normalized spacial score (nSPS) is 13.8. The average Bonchev–Trinajstić information content (AvgIpc) is 2.93. The molecular formula is C21H18Cl2N6O16S5. The van der Waals surface area contributed by atoms with Gasteiger partial charge in [0.05, 0.1) is 35.0 Å². The number of nitrogens with zero attached hydrogens (tertiary/aromatic N) is 5. The molecule has 4 aromatic rings. The van der Waals surface area contributed by atoms with Gasteiger partial charge in [0.1, 0.15) is 21.2 Å². The van der Waals surface area contributed by atoms with Crippen molar-refractivity contribution in [2.45, 2.75) is 19.6 Å². The van der Waals surface area contributed by atoms with Crippen molar-refractivity contribution in [3.8, 4) is 5.75 Å². The largest absolute Gasteiger partial charge is 0.505 e. The number of hydrogen-bond acceptors (Lipinski definition) is 17. The van der Waals surface area contributed by atoms with Crippen LogP contribution in [0.25, 0.3) is 10.8 Å². The first kappa shape index (κ1) is 39.5. The van der Waals surface area contributed by atoms with Crippen LogP contribution in [0.3, 0.4) is 0 Å². The highest BCUT2D eigenvalue weighted by Gasteiger charge is 2.27. The van der Waals surface area contributed by atoms with E-state index in [1.807, 2.05) is 0 Å². The van der Waals surface area contributed by atoms with E-state index in [2.05, 4.69) is 39.7 Å². The molecule has 0 aliphatic carbocycles. The van der Waals surface area contributed by atoms with Crippen molar-refractivity contribution in [1.29, 1.82) is 0 Å². The molecule has 0 atom stereocenters. The Morgan fingerprint density at radius 1 is 0.840 bits per heavy atom. The van der Waals surface area contributed by atoms with Crippen LogP contribution >= 0.6 is 35.2 Å². The number of fused-ring (bicyclic) bond motifs is 1. The van der Waals surface area contributed by atoms with E-state index in [0.29, 0.717) is 12.1 Å². The lowest BCUT2D eigenvalue weighted by Crippen LogP contribution is -2.36. The number of phenols is 1. The average molecular weight is 842 g/mol. The Kier molecular flexibility index (Phi) is 11.1. The fourth-order valence-corrected chi connectivity index (χ4v) is 6.85. The lowest BCUT2D eigenvalue weighted by molar-refractivity contribution is -0.185. The van der Waals surface area contributed by atoms with Crippen LogP contribution in [0.2, 0.25) is 10.6 Å². The van der Waals surface area contributed by atoms with E-state index in [1.165, 1.54) is 0 Å². The van der Waals surface area contributed by atoms with Crippen molar-refractivity contribution in [1.82, 2.24) is 15.0 Å². The van der Waals surface area contributed by atoms with Crippen LogP contribution in [0.15, 0.2) is 66.2 Å². The Labute approximate surface area is 294 Å². The molecule has 50 heavy (non-hydrogen) atoms. The minimum atomic E-state index is -5.88. The summed E-state index contributed by atoms with van der Waals surface area (Å²) in [5.41, 5.74) is -2.17. The number of aromatic hydroxyl groups is 1. The molecule has 3 aromatic carbocycles. The summed E-state index contributed by atoms with van der Waals surface area (Å²) in [4.78, 5) is 12.3. The smallest absolute Gasteiger partial charge is 0.296 e. The van der Waals surface area contributed by atoms with E-state index >= 15 is 0 Å². The highest BCUT2D eigenvalue weighted by molar-refractivity contribution is 8.05. The molecule has 8 N–H and O–H groups in total. The van der Waals surface area contributed by atoms with Crippen LogP contribution < -0.4 is 5.32 Å². The summed E-state index contributed by atoms with van der Waals surface area (Å²) >= 11 is 11.8. The third kappa shape index (κ3) is 10.4. The van der Waals surface area contributed by atoms with Crippen molar-refractivity contribution in [2.24, 2.45) is 10.2 Å². The molecule has 0 aliphatic heterocycles. The minimum absolute atomic E-state index is 0.123. The van der Waals surface area contributed by atoms with E-state index in [-0.39, 0.29) is 16.9 Å². The maximum Gasteiger partial charge on any atom is 0.296 e. The molecule has 0 spiro atoms. The van der Waals surface area contributed by atoms with Crippen LogP contribution in [0.1, 0.15) is 0 Å². The first-order valence-electron chi connectivity index (χ1n) is 12.3. The van der Waals surface area contributed by atoms with Crippen molar-refractivity contribution >= 4 is 109 Å². The number of phenolic OH excluding ortho intramolecular Hbond substituents is 1. The van der Waals surface area contributed by atoms with Gasteiger partial charge in [0.15, 0.2) is 15.7 Å². The lowest BCUT2D eigenvalue weighted by Gasteiger charge is -2.21. The van der Waals surface area contributed by atoms with Crippen molar-refractivity contribution < 1.29 is 71.1 Å². The van der Waals surface area contributed by atoms with Crippen LogP contribution in [0.5, 0.6) is 5.75 Å². The molecule has 0 saturated carbocycles. The molecule has 0 radical (unpaired) electrons. The number of hydrogen-bond donors (Lipinski definition) is 8. The predicted octanol–water partition coefficient (Wildman–Crippen LogP) is 4.13. The number of nitrogens with one attached hydrogen (secondary N) is 1. The van der Waals surface area contributed by atoms with Gasteiger partial charge in [-0.25, -0.2) is 9.10 Å². The first-order valence-corrected chi connectivity index (χ1v) is 20.1. The Balaban J connectivity index is 1.84. The van der Waals surface area contributed by atoms with Crippen LogP contribution in [0.4, 0.5) is 23.0 Å². The van der Waals surface area contributed by atoms with Gasteiger partial charge in [-0.15, -0.1) is 10.2 Å². The van der Waals surface area contributed by atoms with Crippen molar-refractivity contribution in [3.05, 3.63) is 47.0 Å². The van der Waals surface area contributed by atoms with Gasteiger partial charge in [-0.1, -0.05) is 0 Å². The zero-order valence-electron chi connectivity index (χ0n) is 23.7. The van der Waals surface area contributed by atoms with Gasteiger partial charge in [-0.2, -0.15) is 44.5 Å². The fraction of sp³-hybridized carbons (Fsp3) is 0.0952. The molecule has 1 heterocycles. The van der Waals surface area contributed by atoms with Gasteiger partial charge >= 0.3 is 0 Å². The van der Waals surface area contributed by atoms with Crippen molar-refractivity contribution in [2.75, 3.05) is 17.7 Å². The van der Waals surface area contributed by atoms with Gasteiger partial charge < -0.3 is 10.4 Å². The summed E-state index contributed by atoms with van der Waals surface area (Å²) in [6.45, 7) is -0.809. The molecule has 0 aliphatic rings. The second-order valence-corrected chi connectivity index (χ2v) is 17.4.